The van der Waals surface area contributed by atoms with Gasteiger partial charge in [-0.05, 0) is 6.92 Å². The molecule has 0 aliphatic carbocycles. The van der Waals surface area contributed by atoms with Gasteiger partial charge in [-0.1, -0.05) is 0 Å². The summed E-state index contributed by atoms with van der Waals surface area (Å²) in [5.41, 5.74) is 7.11. The van der Waals surface area contributed by atoms with Gasteiger partial charge in [0.2, 0.25) is 0 Å². The maximum Gasteiger partial charge on any atom is 0.269 e. The lowest BCUT2D eigenvalue weighted by Crippen LogP contribution is -2.29. The normalized spacial score (nSPS) is 10.8. The Bertz CT molecular complexity index is 617. The van der Waals surface area contributed by atoms with Crippen LogP contribution in [-0.4, -0.2) is 39.7 Å². The van der Waals surface area contributed by atoms with E-state index in [-0.39, 0.29) is 5.56 Å². The minimum absolute atomic E-state index is 0.129. The maximum absolute atomic E-state index is 12.0. The molecule has 2 N–H and O–H groups in total. The van der Waals surface area contributed by atoms with Crippen molar-refractivity contribution in [3.8, 4) is 0 Å². The third-order valence-electron chi connectivity index (χ3n) is 3.10. The third-order valence-corrected chi connectivity index (χ3v) is 3.10. The zero-order valence-electron chi connectivity index (χ0n) is 11.9. The summed E-state index contributed by atoms with van der Waals surface area (Å²) < 4.78 is 3.25. The molecule has 7 nitrogen and oxygen atoms in total. The first-order valence-electron chi connectivity index (χ1n) is 6.63. The van der Waals surface area contributed by atoms with E-state index >= 15 is 0 Å². The third kappa shape index (κ3) is 3.24. The van der Waals surface area contributed by atoms with Gasteiger partial charge < -0.3 is 10.6 Å². The summed E-state index contributed by atoms with van der Waals surface area (Å²) in [5, 5.41) is 8.38. The summed E-state index contributed by atoms with van der Waals surface area (Å²) in [7, 11) is 1.89. The highest BCUT2D eigenvalue weighted by atomic mass is 16.1. The highest BCUT2D eigenvalue weighted by Crippen LogP contribution is 2.06. The second-order valence-electron chi connectivity index (χ2n) is 4.62. The summed E-state index contributed by atoms with van der Waals surface area (Å²) in [4.78, 5) is 14.0. The van der Waals surface area contributed by atoms with Gasteiger partial charge in [-0.2, -0.15) is 10.2 Å². The molecular weight excluding hydrogens is 256 g/mol. The number of likely N-dealkylation sites (N-methyl/N-ethyl adjacent to an activating group) is 1. The molecule has 108 valence electrons. The number of hydrogen-bond donors (Lipinski definition) is 1. The Morgan fingerprint density at radius 1 is 1.35 bits per heavy atom. The number of hydrogen-bond acceptors (Lipinski definition) is 5. The van der Waals surface area contributed by atoms with Crippen LogP contribution in [0.1, 0.15) is 12.5 Å². The smallest absolute Gasteiger partial charge is 0.269 e. The summed E-state index contributed by atoms with van der Waals surface area (Å²) in [6.07, 6.45) is 5.36. The Kier molecular flexibility index (Phi) is 4.52. The van der Waals surface area contributed by atoms with E-state index < -0.39 is 0 Å². The molecule has 0 atom stereocenters. The van der Waals surface area contributed by atoms with Crippen LogP contribution in [0.3, 0.4) is 0 Å². The first kappa shape index (κ1) is 14.3. The molecule has 0 aliphatic rings. The zero-order valence-corrected chi connectivity index (χ0v) is 11.9. The first-order valence-corrected chi connectivity index (χ1v) is 6.63. The molecule has 0 amide bonds. The second-order valence-corrected chi connectivity index (χ2v) is 4.62. The van der Waals surface area contributed by atoms with Crippen molar-refractivity contribution in [3.05, 3.63) is 40.6 Å². The summed E-state index contributed by atoms with van der Waals surface area (Å²) in [6, 6.07) is 1.58. The van der Waals surface area contributed by atoms with E-state index in [4.69, 9.17) is 5.73 Å². The highest BCUT2D eigenvalue weighted by Gasteiger charge is 2.06. The van der Waals surface area contributed by atoms with E-state index in [0.717, 1.165) is 17.8 Å². The standard InChI is InChI=1S/C13H20N6O/c1-3-18-9-11(7-15-18)10-19-13(20)6-12(8-16-19)17(2)5-4-14/h6-9H,3-5,10,14H2,1-2H3. The minimum Gasteiger partial charge on any atom is -0.372 e. The average Bonchev–Trinajstić information content (AvgIpc) is 2.89. The lowest BCUT2D eigenvalue weighted by molar-refractivity contribution is 0.632. The molecule has 0 aliphatic heterocycles. The Morgan fingerprint density at radius 2 is 2.15 bits per heavy atom. The molecular formula is C13H20N6O. The lowest BCUT2D eigenvalue weighted by Gasteiger charge is -2.17. The van der Waals surface area contributed by atoms with Crippen molar-refractivity contribution < 1.29 is 0 Å². The number of aryl methyl sites for hydroxylation is 1. The average molecular weight is 276 g/mol. The van der Waals surface area contributed by atoms with Gasteiger partial charge in [0.1, 0.15) is 0 Å². The maximum atomic E-state index is 12.0. The fourth-order valence-electron chi connectivity index (χ4n) is 1.91. The van der Waals surface area contributed by atoms with Crippen molar-refractivity contribution in [2.75, 3.05) is 25.0 Å². The number of nitrogens with two attached hydrogens (primary N) is 1. The van der Waals surface area contributed by atoms with Crippen LogP contribution in [0.15, 0.2) is 29.5 Å². The largest absolute Gasteiger partial charge is 0.372 e. The van der Waals surface area contributed by atoms with Crippen LogP contribution >= 0.6 is 0 Å². The minimum atomic E-state index is -0.129. The highest BCUT2D eigenvalue weighted by molar-refractivity contribution is 5.41. The molecule has 20 heavy (non-hydrogen) atoms. The van der Waals surface area contributed by atoms with Crippen molar-refractivity contribution in [2.24, 2.45) is 5.73 Å². The predicted molar refractivity (Wildman–Crippen MR) is 77.8 cm³/mol. The van der Waals surface area contributed by atoms with E-state index in [1.807, 2.05) is 29.7 Å². The van der Waals surface area contributed by atoms with Gasteiger partial charge in [0, 0.05) is 44.5 Å². The Balaban J connectivity index is 2.15. The Morgan fingerprint density at radius 3 is 2.75 bits per heavy atom. The fourth-order valence-corrected chi connectivity index (χ4v) is 1.91. The lowest BCUT2D eigenvalue weighted by atomic mass is 10.3. The van der Waals surface area contributed by atoms with Crippen LogP contribution in [0, 0.1) is 0 Å². The molecule has 0 saturated carbocycles. The summed E-state index contributed by atoms with van der Waals surface area (Å²) in [6.45, 7) is 4.48. The van der Waals surface area contributed by atoms with Crippen LogP contribution in [0.5, 0.6) is 0 Å². The van der Waals surface area contributed by atoms with Gasteiger partial charge in [0.05, 0.1) is 24.6 Å². The second kappa shape index (κ2) is 6.33. The molecule has 0 radical (unpaired) electrons. The number of aromatic nitrogens is 4. The van der Waals surface area contributed by atoms with Crippen molar-refractivity contribution in [1.29, 1.82) is 0 Å². The summed E-state index contributed by atoms with van der Waals surface area (Å²) >= 11 is 0. The molecule has 2 rings (SSSR count). The number of rotatable bonds is 6. The monoisotopic (exact) mass is 276 g/mol. The number of nitrogens with zero attached hydrogens (tertiary/aromatic N) is 5. The molecule has 0 spiro atoms. The zero-order chi connectivity index (χ0) is 14.5. The van der Waals surface area contributed by atoms with Gasteiger partial charge in [0.15, 0.2) is 0 Å². The van der Waals surface area contributed by atoms with Crippen molar-refractivity contribution in [3.63, 3.8) is 0 Å². The van der Waals surface area contributed by atoms with E-state index in [0.29, 0.717) is 19.6 Å². The molecule has 0 unspecified atom stereocenters. The van der Waals surface area contributed by atoms with E-state index in [9.17, 15) is 4.79 Å². The van der Waals surface area contributed by atoms with Gasteiger partial charge >= 0.3 is 0 Å². The van der Waals surface area contributed by atoms with Gasteiger partial charge in [-0.15, -0.1) is 0 Å². The van der Waals surface area contributed by atoms with E-state index in [1.165, 1.54) is 4.68 Å². The van der Waals surface area contributed by atoms with Crippen LogP contribution in [0.4, 0.5) is 5.69 Å². The number of anilines is 1. The molecule has 0 aromatic carbocycles. The molecule has 0 bridgehead atoms. The predicted octanol–water partition coefficient (Wildman–Crippen LogP) is -0.0971. The topological polar surface area (TPSA) is 82.0 Å². The van der Waals surface area contributed by atoms with Crippen molar-refractivity contribution in [1.82, 2.24) is 19.6 Å². The van der Waals surface area contributed by atoms with Crippen LogP contribution in [0.2, 0.25) is 0 Å². The Hall–Kier alpha value is -2.15. The van der Waals surface area contributed by atoms with Gasteiger partial charge in [-0.25, -0.2) is 4.68 Å². The van der Waals surface area contributed by atoms with Crippen molar-refractivity contribution in [2.45, 2.75) is 20.0 Å². The molecule has 0 saturated heterocycles. The molecule has 2 heterocycles. The van der Waals surface area contributed by atoms with Crippen LogP contribution in [-0.2, 0) is 13.1 Å². The van der Waals surface area contributed by atoms with Gasteiger partial charge in [-0.3, -0.25) is 9.48 Å². The molecule has 2 aromatic heterocycles. The Labute approximate surface area is 117 Å². The molecule has 0 fully saturated rings. The SMILES string of the molecule is CCn1cc(Cn2ncc(N(C)CCN)cc2=O)cn1. The van der Waals surface area contributed by atoms with Crippen molar-refractivity contribution >= 4 is 5.69 Å². The van der Waals surface area contributed by atoms with E-state index in [1.54, 1.807) is 18.5 Å². The first-order chi connectivity index (χ1) is 9.63. The summed E-state index contributed by atoms with van der Waals surface area (Å²) in [5.74, 6) is 0. The fraction of sp³-hybridized carbons (Fsp3) is 0.462. The van der Waals surface area contributed by atoms with Crippen LogP contribution < -0.4 is 16.2 Å². The van der Waals surface area contributed by atoms with Gasteiger partial charge in [0.25, 0.3) is 5.56 Å². The quantitative estimate of drug-likeness (QED) is 0.797. The molecule has 7 heteroatoms. The van der Waals surface area contributed by atoms with Crippen LogP contribution in [0.25, 0.3) is 0 Å². The van der Waals surface area contributed by atoms with E-state index in [2.05, 4.69) is 10.2 Å². The molecule has 2 aromatic rings.